The number of furan rings is 1. The van der Waals surface area contributed by atoms with Crippen LogP contribution in [0, 0.1) is 6.92 Å². The molecule has 1 saturated carbocycles. The summed E-state index contributed by atoms with van der Waals surface area (Å²) in [5.74, 6) is 0. The largest absolute Gasteiger partial charge is 0.454 e. The fourth-order valence-corrected chi connectivity index (χ4v) is 14.8. The molecule has 0 radical (unpaired) electrons. The first-order valence-electron chi connectivity index (χ1n) is 27.5. The Kier molecular flexibility index (Phi) is 9.18. The highest BCUT2D eigenvalue weighted by atomic mass is 16.3. The molecule has 2 unspecified atom stereocenters. The summed E-state index contributed by atoms with van der Waals surface area (Å²) in [7, 11) is 0. The van der Waals surface area contributed by atoms with E-state index in [1.54, 1.807) is 0 Å². The van der Waals surface area contributed by atoms with Crippen LogP contribution in [0.15, 0.2) is 101 Å². The zero-order valence-electron chi connectivity index (χ0n) is 46.3. The second-order valence-electron chi connectivity index (χ2n) is 28.1. The maximum atomic E-state index is 7.12. The van der Waals surface area contributed by atoms with Crippen molar-refractivity contribution in [3.8, 4) is 5.69 Å². The fourth-order valence-electron chi connectivity index (χ4n) is 14.8. The van der Waals surface area contributed by atoms with Gasteiger partial charge in [-0.25, -0.2) is 0 Å². The van der Waals surface area contributed by atoms with Crippen molar-refractivity contribution in [2.75, 3.05) is 9.80 Å². The molecule has 0 amide bonds. The molecule has 6 aromatic carbocycles. The van der Waals surface area contributed by atoms with Crippen LogP contribution in [0.2, 0.25) is 0 Å². The molecule has 2 aliphatic carbocycles. The van der Waals surface area contributed by atoms with Crippen molar-refractivity contribution >= 4 is 84.5 Å². The number of aromatic nitrogens is 1. The van der Waals surface area contributed by atoms with E-state index in [0.29, 0.717) is 0 Å². The quantitative estimate of drug-likeness (QED) is 0.161. The van der Waals surface area contributed by atoms with Gasteiger partial charge >= 0.3 is 0 Å². The zero-order chi connectivity index (χ0) is 50.8. The van der Waals surface area contributed by atoms with Gasteiger partial charge in [-0.05, 0) is 170 Å². The summed E-state index contributed by atoms with van der Waals surface area (Å²) in [5, 5.41) is 2.37. The summed E-state index contributed by atoms with van der Waals surface area (Å²) in [5.41, 5.74) is 26.1. The average Bonchev–Trinajstić information content (AvgIpc) is 3.91. The maximum Gasteiger partial charge on any atom is 0.252 e. The number of hydrogen-bond acceptors (Lipinski definition) is 3. The third-order valence-corrected chi connectivity index (χ3v) is 19.6. The van der Waals surface area contributed by atoms with Gasteiger partial charge in [0.25, 0.3) is 6.71 Å². The monoisotopic (exact) mass is 950 g/mol. The van der Waals surface area contributed by atoms with Crippen LogP contribution >= 0.6 is 0 Å². The Morgan fingerprint density at radius 1 is 0.514 bits per heavy atom. The Morgan fingerprint density at radius 3 is 1.86 bits per heavy atom. The predicted octanol–water partition coefficient (Wildman–Crippen LogP) is 16.4. The summed E-state index contributed by atoms with van der Waals surface area (Å²) >= 11 is 0. The topological polar surface area (TPSA) is 24.6 Å². The molecule has 0 bridgehead atoms. The van der Waals surface area contributed by atoms with Gasteiger partial charge in [-0.15, -0.1) is 0 Å². The number of hydrogen-bond donors (Lipinski definition) is 0. The fraction of sp³-hybridized carbons (Fsp3) is 0.433. The lowest BCUT2D eigenvalue weighted by Crippen LogP contribution is -2.61. The van der Waals surface area contributed by atoms with E-state index >= 15 is 0 Å². The molecule has 0 N–H and O–H groups in total. The highest BCUT2D eigenvalue weighted by Crippen LogP contribution is 2.62. The zero-order valence-corrected chi connectivity index (χ0v) is 46.3. The lowest BCUT2D eigenvalue weighted by molar-refractivity contribution is 0.195. The SMILES string of the molecule is Cc1cc2c(cc1N1c3cc(C(C)(C)C)ccc3B3c4c1cc(N1c5ccc(C(C)(C)C)cc5C5(C)CCCCC15C)cc4-n1c4c3cc(C(C)(C)C)cc4c3oc4ccccc4c31)C(C)(C)CCC2(C)C. The summed E-state index contributed by atoms with van der Waals surface area (Å²) in [6, 6.07) is 39.4. The minimum Gasteiger partial charge on any atom is -0.454 e. The molecule has 13 rings (SSSR count). The maximum absolute atomic E-state index is 7.12. The summed E-state index contributed by atoms with van der Waals surface area (Å²) in [4.78, 5) is 5.59. The molecule has 5 heteroatoms. The highest BCUT2D eigenvalue weighted by Gasteiger charge is 2.58. The average molecular weight is 950 g/mol. The lowest BCUT2D eigenvalue weighted by atomic mass is 9.33. The van der Waals surface area contributed by atoms with Gasteiger partial charge in [0, 0.05) is 50.3 Å². The van der Waals surface area contributed by atoms with Crippen molar-refractivity contribution < 1.29 is 4.42 Å². The highest BCUT2D eigenvalue weighted by molar-refractivity contribution is 7.00. The molecule has 8 aromatic rings. The van der Waals surface area contributed by atoms with Gasteiger partial charge in [0.2, 0.25) is 0 Å². The number of nitrogens with zero attached hydrogens (tertiary/aromatic N) is 3. The number of benzene rings is 6. The number of fused-ring (bicyclic) bond motifs is 13. The van der Waals surface area contributed by atoms with Crippen LogP contribution in [-0.2, 0) is 32.5 Å². The number of anilines is 5. The summed E-state index contributed by atoms with van der Waals surface area (Å²) in [6.45, 7) is 38.9. The van der Waals surface area contributed by atoms with E-state index < -0.39 is 0 Å². The third kappa shape index (κ3) is 6.06. The van der Waals surface area contributed by atoms with Crippen LogP contribution in [0.4, 0.5) is 28.4 Å². The van der Waals surface area contributed by atoms with Crippen LogP contribution in [0.25, 0.3) is 38.7 Å². The number of rotatable bonds is 2. The van der Waals surface area contributed by atoms with Gasteiger partial charge in [0.05, 0.1) is 11.1 Å². The van der Waals surface area contributed by atoms with Gasteiger partial charge in [-0.2, -0.15) is 0 Å². The van der Waals surface area contributed by atoms with E-state index in [2.05, 4.69) is 222 Å². The molecule has 2 aromatic heterocycles. The molecule has 3 aliphatic heterocycles. The van der Waals surface area contributed by atoms with Crippen molar-refractivity contribution in [2.45, 2.75) is 187 Å². The Bertz CT molecular complexity index is 3670. The van der Waals surface area contributed by atoms with Crippen molar-refractivity contribution in [3.63, 3.8) is 0 Å². The van der Waals surface area contributed by atoms with Crippen LogP contribution < -0.4 is 26.2 Å². The van der Waals surface area contributed by atoms with E-state index in [0.717, 1.165) is 23.0 Å². The van der Waals surface area contributed by atoms with Crippen LogP contribution in [0.5, 0.6) is 0 Å². The Balaban J connectivity index is 1.22. The van der Waals surface area contributed by atoms with Gasteiger partial charge in [0.15, 0.2) is 5.58 Å². The third-order valence-electron chi connectivity index (χ3n) is 19.6. The standard InChI is InChI=1S/C67H76BN3O/c1-39-31-46-47(65(13,14)30-29-64(46,11)12)38-52(39)69-53-35-41(62(5,6)7)23-25-49(53)68-50-34-42(63(8,9)10)32-45-58(50)70(59-44-21-17-18-22-56(44)72-60(45)59)55-37-43(36-54(69)57(55)68)71-51-26-24-40(61(2,3)4)33-48(51)66(15)27-19-20-28-67(66,71)16/h17-18,21-26,31-38H,19-20,27-30H2,1-16H3. The molecule has 0 saturated heterocycles. The molecular formula is C67H76BN3O. The summed E-state index contributed by atoms with van der Waals surface area (Å²) in [6.07, 6.45) is 7.15. The minimum absolute atomic E-state index is 0.00376. The molecule has 368 valence electrons. The van der Waals surface area contributed by atoms with Crippen LogP contribution in [0.1, 0.15) is 181 Å². The second kappa shape index (κ2) is 14.3. The van der Waals surface area contributed by atoms with Gasteiger partial charge in [-0.3, -0.25) is 0 Å². The van der Waals surface area contributed by atoms with Crippen LogP contribution in [0.3, 0.4) is 0 Å². The number of para-hydroxylation sites is 1. The van der Waals surface area contributed by atoms with E-state index in [1.165, 1.54) is 138 Å². The molecule has 4 nitrogen and oxygen atoms in total. The Labute approximate surface area is 430 Å². The van der Waals surface area contributed by atoms with Crippen molar-refractivity contribution in [1.82, 2.24) is 4.57 Å². The molecule has 72 heavy (non-hydrogen) atoms. The molecule has 5 aliphatic rings. The first kappa shape index (κ1) is 46.1. The van der Waals surface area contributed by atoms with Crippen molar-refractivity contribution in [3.05, 3.63) is 136 Å². The van der Waals surface area contributed by atoms with Gasteiger partial charge < -0.3 is 18.8 Å². The van der Waals surface area contributed by atoms with E-state index in [1.807, 2.05) is 0 Å². The van der Waals surface area contributed by atoms with Crippen molar-refractivity contribution in [1.29, 1.82) is 0 Å². The van der Waals surface area contributed by atoms with Gasteiger partial charge in [0.1, 0.15) is 11.1 Å². The Morgan fingerprint density at radius 2 is 1.15 bits per heavy atom. The molecular weight excluding hydrogens is 874 g/mol. The molecule has 2 atom stereocenters. The van der Waals surface area contributed by atoms with E-state index in [-0.39, 0.29) is 44.7 Å². The summed E-state index contributed by atoms with van der Waals surface area (Å²) < 4.78 is 9.78. The first-order valence-corrected chi connectivity index (χ1v) is 27.5. The molecule has 1 fully saturated rings. The lowest BCUT2D eigenvalue weighted by Gasteiger charge is -2.51. The molecule has 0 spiro atoms. The van der Waals surface area contributed by atoms with Crippen molar-refractivity contribution in [2.24, 2.45) is 0 Å². The normalized spacial score (nSPS) is 21.8. The number of aryl methyl sites for hydroxylation is 1. The minimum atomic E-state index is -0.142. The van der Waals surface area contributed by atoms with Crippen LogP contribution in [-0.4, -0.2) is 16.8 Å². The Hall–Kier alpha value is -5.68. The van der Waals surface area contributed by atoms with E-state index in [4.69, 9.17) is 4.42 Å². The second-order valence-corrected chi connectivity index (χ2v) is 28.1. The van der Waals surface area contributed by atoms with E-state index in [9.17, 15) is 0 Å². The predicted molar refractivity (Wildman–Crippen MR) is 309 cm³/mol. The smallest absolute Gasteiger partial charge is 0.252 e. The van der Waals surface area contributed by atoms with Gasteiger partial charge in [-0.1, -0.05) is 158 Å². The molecule has 5 heterocycles. The first-order chi connectivity index (χ1) is 33.7.